The summed E-state index contributed by atoms with van der Waals surface area (Å²) in [6.07, 6.45) is 4.71. The smallest absolute Gasteiger partial charge is 0.179 e. The molecule has 0 atom stereocenters. The molecule has 0 saturated carbocycles. The zero-order valence-electron chi connectivity index (χ0n) is 22.1. The highest BCUT2D eigenvalue weighted by molar-refractivity contribution is 6.35. The van der Waals surface area contributed by atoms with E-state index < -0.39 is 0 Å². The lowest BCUT2D eigenvalue weighted by atomic mass is 9.98. The van der Waals surface area contributed by atoms with E-state index in [1.807, 2.05) is 0 Å². The van der Waals surface area contributed by atoms with E-state index in [2.05, 4.69) is 29.8 Å². The first-order valence-corrected chi connectivity index (χ1v) is 13.4. The number of nitrogen functional groups attached to an aromatic ring is 1. The predicted octanol–water partition coefficient (Wildman–Crippen LogP) is 6.10. The Bertz CT molecular complexity index is 1380. The molecule has 1 saturated heterocycles. The molecule has 204 valence electrons. The Hall–Kier alpha value is -3.51. The molecule has 3 aromatic rings. The van der Waals surface area contributed by atoms with E-state index in [-0.39, 0.29) is 18.4 Å². The normalized spacial score (nSPS) is 14.2. The maximum absolute atomic E-state index is 9.95. The third-order valence-electron chi connectivity index (χ3n) is 6.80. The SMILES string of the molecule is COc1cc(C(=N)c2cc(OCc3c(Cl)cncc3Cl)ccc2N)cc(C#N)c1OC1CCN(C(C)C)CC1. The van der Waals surface area contributed by atoms with Crippen molar-refractivity contribution in [1.29, 1.82) is 10.7 Å². The Morgan fingerprint density at radius 3 is 2.49 bits per heavy atom. The monoisotopic (exact) mass is 567 g/mol. The average Bonchev–Trinajstić information content (AvgIpc) is 2.93. The molecule has 0 spiro atoms. The number of nitriles is 1. The molecule has 1 aliphatic heterocycles. The molecule has 0 amide bonds. The lowest BCUT2D eigenvalue weighted by Crippen LogP contribution is -2.41. The summed E-state index contributed by atoms with van der Waals surface area (Å²) >= 11 is 12.4. The molecular weight excluding hydrogens is 537 g/mol. The Morgan fingerprint density at radius 2 is 1.87 bits per heavy atom. The number of anilines is 1. The fourth-order valence-electron chi connectivity index (χ4n) is 4.51. The Kier molecular flexibility index (Phi) is 9.18. The number of likely N-dealkylation sites (tertiary alicyclic amines) is 1. The molecule has 0 bridgehead atoms. The molecular formula is C29H31Cl2N5O3. The molecule has 2 heterocycles. The van der Waals surface area contributed by atoms with Crippen molar-refractivity contribution in [2.24, 2.45) is 0 Å². The molecule has 0 aliphatic carbocycles. The zero-order chi connectivity index (χ0) is 28.1. The van der Waals surface area contributed by atoms with Gasteiger partial charge in [-0.2, -0.15) is 5.26 Å². The van der Waals surface area contributed by atoms with Crippen LogP contribution in [0.2, 0.25) is 10.0 Å². The van der Waals surface area contributed by atoms with Gasteiger partial charge in [0.2, 0.25) is 0 Å². The number of nitrogens with one attached hydrogen (secondary N) is 1. The van der Waals surface area contributed by atoms with Crippen LogP contribution in [0, 0.1) is 16.7 Å². The highest BCUT2D eigenvalue weighted by Gasteiger charge is 2.25. The standard InChI is InChI=1S/C29H31Cl2N5O3/c1-17(2)36-8-6-20(7-9-36)39-29-19(13-32)10-18(11-27(29)37-3)28(34)22-12-21(4-5-26(22)33)38-16-23-24(30)14-35-15-25(23)31/h4-5,10-12,14-15,17,20,34H,6-9,16,33H2,1-3H3. The van der Waals surface area contributed by atoms with Crippen LogP contribution >= 0.6 is 23.2 Å². The molecule has 3 N–H and O–H groups in total. The van der Waals surface area contributed by atoms with Gasteiger partial charge in [0.05, 0.1) is 28.4 Å². The maximum Gasteiger partial charge on any atom is 0.179 e. The van der Waals surface area contributed by atoms with Gasteiger partial charge in [-0.05, 0) is 57.0 Å². The summed E-state index contributed by atoms with van der Waals surface area (Å²) in [7, 11) is 1.52. The molecule has 1 fully saturated rings. The molecule has 2 aromatic carbocycles. The first-order valence-electron chi connectivity index (χ1n) is 12.6. The van der Waals surface area contributed by atoms with Gasteiger partial charge >= 0.3 is 0 Å². The van der Waals surface area contributed by atoms with E-state index in [4.69, 9.17) is 48.6 Å². The number of hydrogen-bond acceptors (Lipinski definition) is 8. The molecule has 1 aromatic heterocycles. The van der Waals surface area contributed by atoms with Crippen molar-refractivity contribution in [2.75, 3.05) is 25.9 Å². The van der Waals surface area contributed by atoms with Gasteiger partial charge in [-0.15, -0.1) is 0 Å². The van der Waals surface area contributed by atoms with E-state index in [0.717, 1.165) is 25.9 Å². The van der Waals surface area contributed by atoms with Gasteiger partial charge in [0.15, 0.2) is 11.5 Å². The van der Waals surface area contributed by atoms with Crippen LogP contribution in [0.3, 0.4) is 0 Å². The van der Waals surface area contributed by atoms with E-state index in [1.54, 1.807) is 30.3 Å². The van der Waals surface area contributed by atoms with Gasteiger partial charge in [-0.25, -0.2) is 0 Å². The molecule has 39 heavy (non-hydrogen) atoms. The van der Waals surface area contributed by atoms with Crippen LogP contribution in [0.25, 0.3) is 0 Å². The van der Waals surface area contributed by atoms with Gasteiger partial charge in [-0.3, -0.25) is 10.4 Å². The largest absolute Gasteiger partial charge is 0.493 e. The van der Waals surface area contributed by atoms with Crippen LogP contribution in [0.15, 0.2) is 42.7 Å². The van der Waals surface area contributed by atoms with Gasteiger partial charge in [0.1, 0.15) is 24.5 Å². The van der Waals surface area contributed by atoms with Crippen LogP contribution < -0.4 is 19.9 Å². The van der Waals surface area contributed by atoms with Gasteiger partial charge in [-0.1, -0.05) is 23.2 Å². The van der Waals surface area contributed by atoms with Crippen molar-refractivity contribution in [1.82, 2.24) is 9.88 Å². The highest BCUT2D eigenvalue weighted by atomic mass is 35.5. The summed E-state index contributed by atoms with van der Waals surface area (Å²) in [5, 5.41) is 19.6. The van der Waals surface area contributed by atoms with Crippen molar-refractivity contribution >= 4 is 34.6 Å². The van der Waals surface area contributed by atoms with Crippen molar-refractivity contribution in [3.05, 3.63) is 75.0 Å². The Labute approximate surface area is 238 Å². The number of rotatable bonds is 9. The molecule has 8 nitrogen and oxygen atoms in total. The Morgan fingerprint density at radius 1 is 1.18 bits per heavy atom. The minimum atomic E-state index is -0.0156. The van der Waals surface area contributed by atoms with Crippen molar-refractivity contribution in [2.45, 2.75) is 45.4 Å². The van der Waals surface area contributed by atoms with Crippen LogP contribution in [0.5, 0.6) is 17.2 Å². The van der Waals surface area contributed by atoms with E-state index >= 15 is 0 Å². The number of nitrogens with two attached hydrogens (primary N) is 1. The van der Waals surface area contributed by atoms with Crippen molar-refractivity contribution in [3.63, 3.8) is 0 Å². The maximum atomic E-state index is 9.95. The quantitative estimate of drug-likeness (QED) is 0.237. The first-order chi connectivity index (χ1) is 18.7. The van der Waals surface area contributed by atoms with E-state index in [9.17, 15) is 5.26 Å². The molecule has 0 unspecified atom stereocenters. The van der Waals surface area contributed by atoms with Crippen LogP contribution in [0.1, 0.15) is 48.9 Å². The van der Waals surface area contributed by atoms with Gasteiger partial charge < -0.3 is 24.8 Å². The lowest BCUT2D eigenvalue weighted by Gasteiger charge is -2.34. The van der Waals surface area contributed by atoms with Crippen LogP contribution in [-0.4, -0.2) is 47.9 Å². The molecule has 0 radical (unpaired) electrons. The average molecular weight is 569 g/mol. The number of piperidine rings is 1. The summed E-state index contributed by atoms with van der Waals surface area (Å²) in [5.41, 5.74) is 8.56. The fraction of sp³-hybridized carbons (Fsp3) is 0.345. The molecule has 10 heteroatoms. The lowest BCUT2D eigenvalue weighted by molar-refractivity contribution is 0.0821. The number of ether oxygens (including phenoxy) is 3. The minimum Gasteiger partial charge on any atom is -0.493 e. The second-order valence-corrected chi connectivity index (χ2v) is 10.4. The Balaban J connectivity index is 1.56. The second-order valence-electron chi connectivity index (χ2n) is 9.61. The number of halogens is 2. The summed E-state index contributed by atoms with van der Waals surface area (Å²) in [6, 6.07) is 11.1. The number of benzene rings is 2. The van der Waals surface area contributed by atoms with Gasteiger partial charge in [0, 0.05) is 53.9 Å². The second kappa shape index (κ2) is 12.6. The van der Waals surface area contributed by atoms with Crippen LogP contribution in [-0.2, 0) is 6.61 Å². The van der Waals surface area contributed by atoms with Gasteiger partial charge in [0.25, 0.3) is 0 Å². The fourth-order valence-corrected chi connectivity index (χ4v) is 4.98. The number of methoxy groups -OCH3 is 1. The number of pyridine rings is 1. The summed E-state index contributed by atoms with van der Waals surface area (Å²) < 4.78 is 17.8. The number of aromatic nitrogens is 1. The zero-order valence-corrected chi connectivity index (χ0v) is 23.6. The topological polar surface area (TPSA) is 117 Å². The molecule has 1 aliphatic rings. The predicted molar refractivity (Wildman–Crippen MR) is 153 cm³/mol. The first kappa shape index (κ1) is 28.5. The third-order valence-corrected chi connectivity index (χ3v) is 7.46. The van der Waals surface area contributed by atoms with Crippen molar-refractivity contribution < 1.29 is 14.2 Å². The van der Waals surface area contributed by atoms with E-state index in [1.165, 1.54) is 19.5 Å². The highest BCUT2D eigenvalue weighted by Crippen LogP contribution is 2.36. The van der Waals surface area contributed by atoms with Crippen LogP contribution in [0.4, 0.5) is 5.69 Å². The number of hydrogen-bond donors (Lipinski definition) is 2. The summed E-state index contributed by atoms with van der Waals surface area (Å²) in [6.45, 7) is 6.36. The summed E-state index contributed by atoms with van der Waals surface area (Å²) in [5.74, 6) is 1.27. The minimum absolute atomic E-state index is 0.0156. The number of nitrogens with zero attached hydrogens (tertiary/aromatic N) is 3. The summed E-state index contributed by atoms with van der Waals surface area (Å²) in [4.78, 5) is 6.36. The van der Waals surface area contributed by atoms with E-state index in [0.29, 0.717) is 61.3 Å². The van der Waals surface area contributed by atoms with Crippen molar-refractivity contribution in [3.8, 4) is 23.3 Å². The third kappa shape index (κ3) is 6.56. The molecule has 4 rings (SSSR count).